The van der Waals surface area contributed by atoms with Gasteiger partial charge in [0, 0.05) is 6.42 Å². The SMILES string of the molecule is COC(=O)[C@H](Cc1cccc2ccccc12)NC(=O)[C@@H](NC(=O)OCc1ccccc1)C(C)C. The molecule has 0 spiro atoms. The fraction of sp³-hybridized carbons (Fsp3) is 0.296. The van der Waals surface area contributed by atoms with Gasteiger partial charge < -0.3 is 20.1 Å². The topological polar surface area (TPSA) is 93.7 Å². The van der Waals surface area contributed by atoms with Crippen LogP contribution in [-0.2, 0) is 32.1 Å². The van der Waals surface area contributed by atoms with E-state index in [0.29, 0.717) is 0 Å². The maximum atomic E-state index is 13.1. The van der Waals surface area contributed by atoms with Gasteiger partial charge in [0.15, 0.2) is 0 Å². The number of hydrogen-bond acceptors (Lipinski definition) is 5. The molecule has 0 aliphatic rings. The molecule has 0 aliphatic heterocycles. The Kier molecular flexibility index (Phi) is 8.62. The first-order valence-electron chi connectivity index (χ1n) is 11.2. The van der Waals surface area contributed by atoms with Gasteiger partial charge in [-0.1, -0.05) is 86.6 Å². The largest absolute Gasteiger partial charge is 0.467 e. The molecule has 0 aliphatic carbocycles. The van der Waals surface area contributed by atoms with Crippen molar-refractivity contribution in [2.45, 2.75) is 39.0 Å². The molecule has 7 nitrogen and oxygen atoms in total. The first-order chi connectivity index (χ1) is 16.4. The average Bonchev–Trinajstić information content (AvgIpc) is 2.85. The van der Waals surface area contributed by atoms with E-state index in [-0.39, 0.29) is 18.9 Å². The highest BCUT2D eigenvalue weighted by atomic mass is 16.5. The van der Waals surface area contributed by atoms with Crippen molar-refractivity contribution >= 4 is 28.7 Å². The Labute approximate surface area is 199 Å². The van der Waals surface area contributed by atoms with Gasteiger partial charge in [-0.05, 0) is 27.8 Å². The zero-order valence-corrected chi connectivity index (χ0v) is 19.6. The third-order valence-corrected chi connectivity index (χ3v) is 5.54. The van der Waals surface area contributed by atoms with E-state index in [2.05, 4.69) is 10.6 Å². The summed E-state index contributed by atoms with van der Waals surface area (Å²) >= 11 is 0. The summed E-state index contributed by atoms with van der Waals surface area (Å²) in [6.07, 6.45) is -0.454. The molecule has 0 saturated carbocycles. The molecule has 3 aromatic carbocycles. The van der Waals surface area contributed by atoms with Crippen molar-refractivity contribution in [1.82, 2.24) is 10.6 Å². The maximum absolute atomic E-state index is 13.1. The number of fused-ring (bicyclic) bond motifs is 1. The van der Waals surface area contributed by atoms with Gasteiger partial charge in [0.2, 0.25) is 5.91 Å². The normalized spacial score (nSPS) is 12.6. The van der Waals surface area contributed by atoms with Crippen molar-refractivity contribution in [2.24, 2.45) is 5.92 Å². The lowest BCUT2D eigenvalue weighted by atomic mass is 9.98. The number of amides is 2. The molecular weight excluding hydrogens is 432 g/mol. The van der Waals surface area contributed by atoms with Crippen molar-refractivity contribution in [3.8, 4) is 0 Å². The Morgan fingerprint density at radius 2 is 1.53 bits per heavy atom. The van der Waals surface area contributed by atoms with Gasteiger partial charge in [-0.25, -0.2) is 9.59 Å². The zero-order chi connectivity index (χ0) is 24.5. The molecule has 2 amide bonds. The minimum Gasteiger partial charge on any atom is -0.467 e. The lowest BCUT2D eigenvalue weighted by molar-refractivity contribution is -0.145. The fourth-order valence-electron chi connectivity index (χ4n) is 3.71. The number of alkyl carbamates (subject to hydrolysis) is 1. The Morgan fingerprint density at radius 1 is 0.853 bits per heavy atom. The number of rotatable bonds is 9. The van der Waals surface area contributed by atoms with Crippen LogP contribution < -0.4 is 10.6 Å². The highest BCUT2D eigenvalue weighted by molar-refractivity contribution is 5.91. The van der Waals surface area contributed by atoms with Gasteiger partial charge in [0.1, 0.15) is 18.7 Å². The van der Waals surface area contributed by atoms with Crippen LogP contribution in [0.1, 0.15) is 25.0 Å². The number of nitrogens with one attached hydrogen (secondary N) is 2. The minimum absolute atomic E-state index is 0.0883. The number of carbonyl (C=O) groups excluding carboxylic acids is 3. The summed E-state index contributed by atoms with van der Waals surface area (Å²) in [6.45, 7) is 3.70. The van der Waals surface area contributed by atoms with Crippen LogP contribution in [-0.4, -0.2) is 37.2 Å². The van der Waals surface area contributed by atoms with E-state index in [1.54, 1.807) is 13.8 Å². The van der Waals surface area contributed by atoms with Crippen LogP contribution in [0.2, 0.25) is 0 Å². The Hall–Kier alpha value is -3.87. The van der Waals surface area contributed by atoms with E-state index in [1.165, 1.54) is 7.11 Å². The summed E-state index contributed by atoms with van der Waals surface area (Å²) in [6, 6.07) is 21.1. The quantitative estimate of drug-likeness (QED) is 0.469. The van der Waals surface area contributed by atoms with Crippen molar-refractivity contribution in [2.75, 3.05) is 7.11 Å². The Morgan fingerprint density at radius 3 is 2.24 bits per heavy atom. The fourth-order valence-corrected chi connectivity index (χ4v) is 3.71. The Balaban J connectivity index is 1.69. The van der Waals surface area contributed by atoms with Crippen LogP contribution in [0.25, 0.3) is 10.8 Å². The van der Waals surface area contributed by atoms with Crippen molar-refractivity contribution in [3.63, 3.8) is 0 Å². The highest BCUT2D eigenvalue weighted by Crippen LogP contribution is 2.20. The van der Waals surface area contributed by atoms with Gasteiger partial charge in [0.25, 0.3) is 0 Å². The van der Waals surface area contributed by atoms with Gasteiger partial charge in [0.05, 0.1) is 7.11 Å². The van der Waals surface area contributed by atoms with Crippen LogP contribution in [0, 0.1) is 5.92 Å². The molecule has 0 saturated heterocycles. The number of ether oxygens (including phenoxy) is 2. The first kappa shape index (κ1) is 24.8. The number of esters is 1. The molecule has 0 unspecified atom stereocenters. The van der Waals surface area contributed by atoms with Crippen LogP contribution in [0.5, 0.6) is 0 Å². The lowest BCUT2D eigenvalue weighted by Gasteiger charge is -2.24. The zero-order valence-electron chi connectivity index (χ0n) is 19.6. The number of carbonyl (C=O) groups is 3. The summed E-state index contributed by atoms with van der Waals surface area (Å²) in [5.41, 5.74) is 1.74. The molecule has 34 heavy (non-hydrogen) atoms. The molecule has 0 radical (unpaired) electrons. The van der Waals surface area contributed by atoms with Crippen LogP contribution in [0.15, 0.2) is 72.8 Å². The molecular formula is C27H30N2O5. The second-order valence-electron chi connectivity index (χ2n) is 8.35. The number of methoxy groups -OCH3 is 1. The highest BCUT2D eigenvalue weighted by Gasteiger charge is 2.30. The van der Waals surface area contributed by atoms with Crippen LogP contribution in [0.3, 0.4) is 0 Å². The second-order valence-corrected chi connectivity index (χ2v) is 8.35. The maximum Gasteiger partial charge on any atom is 0.408 e. The average molecular weight is 463 g/mol. The molecule has 2 atom stereocenters. The van der Waals surface area contributed by atoms with Crippen molar-refractivity contribution < 1.29 is 23.9 Å². The third-order valence-electron chi connectivity index (χ3n) is 5.54. The summed E-state index contributed by atoms with van der Waals surface area (Å²) in [5, 5.41) is 7.41. The van der Waals surface area contributed by atoms with Gasteiger partial charge in [-0.2, -0.15) is 0 Å². The molecule has 0 bridgehead atoms. The predicted molar refractivity (Wildman–Crippen MR) is 130 cm³/mol. The Bertz CT molecular complexity index is 1120. The van der Waals surface area contributed by atoms with E-state index >= 15 is 0 Å². The molecule has 0 aromatic heterocycles. The van der Waals surface area contributed by atoms with Gasteiger partial charge >= 0.3 is 12.1 Å². The van der Waals surface area contributed by atoms with E-state index in [1.807, 2.05) is 72.8 Å². The van der Waals surface area contributed by atoms with Crippen LogP contribution >= 0.6 is 0 Å². The minimum atomic E-state index is -0.910. The first-order valence-corrected chi connectivity index (χ1v) is 11.2. The molecule has 2 N–H and O–H groups in total. The van der Waals surface area contributed by atoms with Crippen molar-refractivity contribution in [1.29, 1.82) is 0 Å². The van der Waals surface area contributed by atoms with Gasteiger partial charge in [-0.3, -0.25) is 4.79 Å². The predicted octanol–water partition coefficient (Wildman–Crippen LogP) is 3.99. The summed E-state index contributed by atoms with van der Waals surface area (Å²) in [7, 11) is 1.28. The van der Waals surface area contributed by atoms with E-state index in [0.717, 1.165) is 21.9 Å². The van der Waals surface area contributed by atoms with Crippen molar-refractivity contribution in [3.05, 3.63) is 83.9 Å². The van der Waals surface area contributed by atoms with Gasteiger partial charge in [-0.15, -0.1) is 0 Å². The lowest BCUT2D eigenvalue weighted by Crippen LogP contribution is -2.54. The smallest absolute Gasteiger partial charge is 0.408 e. The molecule has 3 aromatic rings. The summed E-state index contributed by atoms with van der Waals surface area (Å²) in [5.74, 6) is -1.28. The number of benzene rings is 3. The van der Waals surface area contributed by atoms with Crippen LogP contribution in [0.4, 0.5) is 4.79 Å². The standard InChI is InChI=1S/C27H30N2O5/c1-18(2)24(29-27(32)34-17-19-10-5-4-6-11-19)25(30)28-23(26(31)33-3)16-21-14-9-13-20-12-7-8-15-22(20)21/h4-15,18,23-24H,16-17H2,1-3H3,(H,28,30)(H,29,32)/t23-,24-/m0/s1. The van der Waals surface area contributed by atoms with E-state index < -0.39 is 30.1 Å². The van der Waals surface area contributed by atoms with E-state index in [4.69, 9.17) is 9.47 Å². The molecule has 7 heteroatoms. The monoisotopic (exact) mass is 462 g/mol. The third kappa shape index (κ3) is 6.57. The summed E-state index contributed by atoms with van der Waals surface area (Å²) in [4.78, 5) is 37.9. The van der Waals surface area contributed by atoms with E-state index in [9.17, 15) is 14.4 Å². The summed E-state index contributed by atoms with van der Waals surface area (Å²) < 4.78 is 10.2. The number of hydrogen-bond donors (Lipinski definition) is 2. The molecule has 178 valence electrons. The molecule has 0 heterocycles. The molecule has 0 fully saturated rings. The molecule has 3 rings (SSSR count). The second kappa shape index (κ2) is 11.8.